The molecule has 0 aliphatic heterocycles. The highest BCUT2D eigenvalue weighted by atomic mass is 16.5. The Morgan fingerprint density at radius 1 is 0.654 bits per heavy atom. The van der Waals surface area contributed by atoms with Crippen molar-refractivity contribution in [1.29, 1.82) is 0 Å². The number of rotatable bonds is 9. The summed E-state index contributed by atoms with van der Waals surface area (Å²) in [7, 11) is 0. The molecule has 6 nitrogen and oxygen atoms in total. The quantitative estimate of drug-likeness (QED) is 0.544. The van der Waals surface area contributed by atoms with Gasteiger partial charge in [-0.3, -0.25) is 0 Å². The van der Waals surface area contributed by atoms with Crippen LogP contribution in [-0.4, -0.2) is 43.6 Å². The highest BCUT2D eigenvalue weighted by Crippen LogP contribution is 2.33. The Morgan fingerprint density at radius 3 is 1.23 bits per heavy atom. The summed E-state index contributed by atoms with van der Waals surface area (Å²) in [6.45, 7) is 0. The zero-order valence-electron chi connectivity index (χ0n) is 14.2. The van der Waals surface area contributed by atoms with Crippen LogP contribution < -0.4 is 0 Å². The molecule has 26 heavy (non-hydrogen) atoms. The fourth-order valence-corrected chi connectivity index (χ4v) is 2.92. The molecule has 0 heterocycles. The number of hydrogen-bond acceptors (Lipinski definition) is 4. The van der Waals surface area contributed by atoms with Gasteiger partial charge >= 0.3 is 11.9 Å². The molecule has 0 radical (unpaired) electrons. The van der Waals surface area contributed by atoms with Gasteiger partial charge in [0.25, 0.3) is 0 Å². The van der Waals surface area contributed by atoms with Crippen molar-refractivity contribution >= 4 is 11.9 Å². The molecular weight excluding hydrogens is 336 g/mol. The molecule has 0 aliphatic rings. The summed E-state index contributed by atoms with van der Waals surface area (Å²) in [4.78, 5) is 23.5. The summed E-state index contributed by atoms with van der Waals surface area (Å²) in [6.07, 6.45) is -0.622. The third kappa shape index (κ3) is 4.09. The first-order valence-corrected chi connectivity index (χ1v) is 8.29. The maximum absolute atomic E-state index is 11.7. The zero-order chi connectivity index (χ0) is 19.2. The van der Waals surface area contributed by atoms with Gasteiger partial charge in [-0.15, -0.1) is 0 Å². The molecule has 0 amide bonds. The molecule has 0 spiro atoms. The van der Waals surface area contributed by atoms with E-state index >= 15 is 0 Å². The lowest BCUT2D eigenvalue weighted by Gasteiger charge is -2.37. The number of hydrogen-bond donors (Lipinski definition) is 4. The Kier molecular flexibility index (Phi) is 6.13. The first-order valence-electron chi connectivity index (χ1n) is 8.29. The fraction of sp³-hybridized carbons (Fsp3) is 0.300. The van der Waals surface area contributed by atoms with Crippen LogP contribution in [0.1, 0.15) is 24.0 Å². The third-order valence-electron chi connectivity index (χ3n) is 4.63. The topological polar surface area (TPSA) is 115 Å². The van der Waals surface area contributed by atoms with Gasteiger partial charge in [0.15, 0.2) is 0 Å². The van der Waals surface area contributed by atoms with Crippen LogP contribution in [-0.2, 0) is 22.4 Å². The summed E-state index contributed by atoms with van der Waals surface area (Å²) < 4.78 is 0. The Labute approximate surface area is 151 Å². The number of carboxylic acid groups (broad SMARTS) is 2. The van der Waals surface area contributed by atoms with Crippen LogP contribution in [0.15, 0.2) is 60.7 Å². The van der Waals surface area contributed by atoms with Gasteiger partial charge in [0.2, 0.25) is 11.2 Å². The highest BCUT2D eigenvalue weighted by molar-refractivity contribution is 5.90. The minimum Gasteiger partial charge on any atom is -0.479 e. The molecule has 2 aromatic carbocycles. The molecule has 2 unspecified atom stereocenters. The van der Waals surface area contributed by atoms with Crippen molar-refractivity contribution in [2.75, 3.05) is 0 Å². The maximum atomic E-state index is 11.7. The SMILES string of the molecule is O=C(O)C(O)(CCc1ccccc1)C(O)(CCc1ccccc1)C(=O)O. The maximum Gasteiger partial charge on any atom is 0.339 e. The Hall–Kier alpha value is -2.70. The van der Waals surface area contributed by atoms with Gasteiger partial charge in [-0.05, 0) is 36.8 Å². The molecule has 6 heteroatoms. The van der Waals surface area contributed by atoms with E-state index in [9.17, 15) is 30.0 Å². The van der Waals surface area contributed by atoms with Crippen molar-refractivity contribution in [3.63, 3.8) is 0 Å². The van der Waals surface area contributed by atoms with E-state index in [1.807, 2.05) is 0 Å². The van der Waals surface area contributed by atoms with Crippen LogP contribution in [0.5, 0.6) is 0 Å². The second kappa shape index (κ2) is 8.12. The van der Waals surface area contributed by atoms with E-state index in [0.717, 1.165) is 11.1 Å². The summed E-state index contributed by atoms with van der Waals surface area (Å²) in [5, 5.41) is 40.4. The van der Waals surface area contributed by atoms with Crippen LogP contribution in [0, 0.1) is 0 Å². The van der Waals surface area contributed by atoms with Crippen molar-refractivity contribution in [2.45, 2.75) is 36.9 Å². The number of carboxylic acids is 2. The van der Waals surface area contributed by atoms with Crippen molar-refractivity contribution in [3.05, 3.63) is 71.8 Å². The molecular formula is C20H22O6. The third-order valence-corrected chi connectivity index (χ3v) is 4.63. The molecule has 4 N–H and O–H groups in total. The van der Waals surface area contributed by atoms with Gasteiger partial charge in [-0.1, -0.05) is 60.7 Å². The van der Waals surface area contributed by atoms with Gasteiger partial charge in [0.05, 0.1) is 0 Å². The summed E-state index contributed by atoms with van der Waals surface area (Å²) in [5.41, 5.74) is -4.15. The van der Waals surface area contributed by atoms with E-state index in [4.69, 9.17) is 0 Å². The Morgan fingerprint density at radius 2 is 0.962 bits per heavy atom. The van der Waals surface area contributed by atoms with Crippen molar-refractivity contribution in [3.8, 4) is 0 Å². The molecule has 2 atom stereocenters. The highest BCUT2D eigenvalue weighted by Gasteiger charge is 2.59. The first kappa shape index (κ1) is 19.6. The Bertz CT molecular complexity index is 680. The average molecular weight is 358 g/mol. The zero-order valence-corrected chi connectivity index (χ0v) is 14.2. The lowest BCUT2D eigenvalue weighted by atomic mass is 9.75. The summed E-state index contributed by atoms with van der Waals surface area (Å²) >= 11 is 0. The van der Waals surface area contributed by atoms with Crippen molar-refractivity contribution < 1.29 is 30.0 Å². The van der Waals surface area contributed by atoms with E-state index in [0.29, 0.717) is 0 Å². The molecule has 138 valence electrons. The smallest absolute Gasteiger partial charge is 0.339 e. The molecule has 0 aliphatic carbocycles. The van der Waals surface area contributed by atoms with Crippen LogP contribution in [0.2, 0.25) is 0 Å². The van der Waals surface area contributed by atoms with Crippen molar-refractivity contribution in [2.24, 2.45) is 0 Å². The number of carbonyl (C=O) groups is 2. The molecule has 0 bridgehead atoms. The molecule has 0 fully saturated rings. The second-order valence-electron chi connectivity index (χ2n) is 6.30. The normalized spacial score (nSPS) is 15.6. The van der Waals surface area contributed by atoms with Gasteiger partial charge in [0.1, 0.15) is 0 Å². The fourth-order valence-electron chi connectivity index (χ4n) is 2.92. The van der Waals surface area contributed by atoms with Gasteiger partial charge in [0, 0.05) is 0 Å². The van der Waals surface area contributed by atoms with E-state index in [1.165, 1.54) is 0 Å². The number of benzene rings is 2. The molecule has 2 rings (SSSR count). The second-order valence-corrected chi connectivity index (χ2v) is 6.30. The first-order chi connectivity index (χ1) is 12.3. The van der Waals surface area contributed by atoms with Crippen molar-refractivity contribution in [1.82, 2.24) is 0 Å². The monoisotopic (exact) mass is 358 g/mol. The number of aryl methyl sites for hydroxylation is 2. The summed E-state index contributed by atoms with van der Waals surface area (Å²) in [5.74, 6) is -3.52. The molecule has 0 saturated heterocycles. The van der Waals surface area contributed by atoms with Gasteiger partial charge in [-0.2, -0.15) is 0 Å². The molecule has 0 aromatic heterocycles. The minimum absolute atomic E-state index is 0.116. The molecule has 0 saturated carbocycles. The molecule has 2 aromatic rings. The van der Waals surface area contributed by atoms with Gasteiger partial charge in [-0.25, -0.2) is 9.59 Å². The standard InChI is InChI=1S/C20H22O6/c21-17(22)19(25,13-11-15-7-3-1-4-8-15)20(26,18(23)24)14-12-16-9-5-2-6-10-16/h1-10,25-26H,11-14H2,(H,21,22)(H,23,24). The lowest BCUT2D eigenvalue weighted by molar-refractivity contribution is -0.209. The van der Waals surface area contributed by atoms with E-state index in [1.54, 1.807) is 60.7 Å². The van der Waals surface area contributed by atoms with Crippen LogP contribution >= 0.6 is 0 Å². The van der Waals surface area contributed by atoms with E-state index in [-0.39, 0.29) is 12.8 Å². The number of aliphatic hydroxyl groups is 2. The predicted octanol–water partition coefficient (Wildman–Crippen LogP) is 1.88. The van der Waals surface area contributed by atoms with Gasteiger partial charge < -0.3 is 20.4 Å². The summed E-state index contributed by atoms with van der Waals surface area (Å²) in [6, 6.07) is 17.6. The predicted molar refractivity (Wildman–Crippen MR) is 94.7 cm³/mol. The van der Waals surface area contributed by atoms with Crippen LogP contribution in [0.3, 0.4) is 0 Å². The average Bonchev–Trinajstić information content (AvgIpc) is 2.65. The number of aliphatic carboxylic acids is 2. The van der Waals surface area contributed by atoms with Crippen LogP contribution in [0.4, 0.5) is 0 Å². The lowest BCUT2D eigenvalue weighted by Crippen LogP contribution is -2.64. The largest absolute Gasteiger partial charge is 0.479 e. The van der Waals surface area contributed by atoms with E-state index in [2.05, 4.69) is 0 Å². The van der Waals surface area contributed by atoms with E-state index < -0.39 is 36.0 Å². The minimum atomic E-state index is -2.82. The Balaban J connectivity index is 2.25. The van der Waals surface area contributed by atoms with Crippen LogP contribution in [0.25, 0.3) is 0 Å².